The summed E-state index contributed by atoms with van der Waals surface area (Å²) in [5.74, 6) is 1.43. The Bertz CT molecular complexity index is 821. The van der Waals surface area contributed by atoms with E-state index in [4.69, 9.17) is 4.74 Å². The molecule has 1 aliphatic heterocycles. The lowest BCUT2D eigenvalue weighted by Crippen LogP contribution is -2.63. The minimum absolute atomic E-state index is 0.152. The molecule has 3 N–H and O–H groups in total. The lowest BCUT2D eigenvalue weighted by molar-refractivity contribution is 0.00701. The van der Waals surface area contributed by atoms with Crippen molar-refractivity contribution in [3.05, 3.63) is 36.2 Å². The maximum absolute atomic E-state index is 12.0. The van der Waals surface area contributed by atoms with Gasteiger partial charge in [0.1, 0.15) is 11.9 Å². The Kier molecular flexibility index (Phi) is 5.81. The van der Waals surface area contributed by atoms with Crippen LogP contribution in [-0.2, 0) is 11.3 Å². The number of aromatic nitrogens is 3. The van der Waals surface area contributed by atoms with Gasteiger partial charge in [-0.1, -0.05) is 18.2 Å². The summed E-state index contributed by atoms with van der Waals surface area (Å²) in [6, 6.07) is 8.20. The van der Waals surface area contributed by atoms with Gasteiger partial charge in [-0.2, -0.15) is 5.10 Å². The second kappa shape index (κ2) is 8.28. The molecule has 1 aromatic heterocycles. The highest BCUT2D eigenvalue weighted by Gasteiger charge is 2.34. The van der Waals surface area contributed by atoms with Crippen LogP contribution in [0, 0.1) is 0 Å². The number of carbonyl (C=O) groups excluding carboxylic acids is 1. The van der Waals surface area contributed by atoms with Crippen LogP contribution in [0.15, 0.2) is 35.6 Å². The minimum Gasteiger partial charge on any atom is -0.444 e. The average molecular weight is 385 g/mol. The highest BCUT2D eigenvalue weighted by molar-refractivity contribution is 5.80. The number of carbonyl (C=O) groups is 1. The Labute approximate surface area is 164 Å². The zero-order valence-electron chi connectivity index (χ0n) is 16.7. The lowest BCUT2D eigenvalue weighted by atomic mass is 10.1. The molecule has 9 heteroatoms. The van der Waals surface area contributed by atoms with Gasteiger partial charge in [-0.15, -0.1) is 0 Å². The number of ether oxygens (including phenoxy) is 1. The van der Waals surface area contributed by atoms with E-state index in [0.717, 1.165) is 17.0 Å². The second-order valence-corrected chi connectivity index (χ2v) is 7.69. The molecule has 1 amide bonds. The summed E-state index contributed by atoms with van der Waals surface area (Å²) in [4.78, 5) is 22.1. The number of nitrogens with one attached hydrogen (secondary N) is 3. The van der Waals surface area contributed by atoms with Crippen LogP contribution in [0.2, 0.25) is 0 Å². The monoisotopic (exact) mass is 385 g/mol. The average Bonchev–Trinajstić information content (AvgIpc) is 3.13. The molecule has 0 spiro atoms. The quantitative estimate of drug-likeness (QED) is 0.547. The Morgan fingerprint density at radius 3 is 2.82 bits per heavy atom. The van der Waals surface area contributed by atoms with Gasteiger partial charge in [0, 0.05) is 32.2 Å². The summed E-state index contributed by atoms with van der Waals surface area (Å²) in [6.45, 7) is 7.40. The third kappa shape index (κ3) is 5.21. The van der Waals surface area contributed by atoms with Gasteiger partial charge in [0.05, 0.1) is 6.04 Å². The molecule has 1 aliphatic rings. The third-order valence-electron chi connectivity index (χ3n) is 4.17. The van der Waals surface area contributed by atoms with E-state index in [1.807, 2.05) is 45.0 Å². The molecular formula is C19H27N7O2. The highest BCUT2D eigenvalue weighted by atomic mass is 16.6. The van der Waals surface area contributed by atoms with Gasteiger partial charge in [0.15, 0.2) is 11.8 Å². The van der Waals surface area contributed by atoms with Crippen LogP contribution >= 0.6 is 0 Å². The largest absolute Gasteiger partial charge is 0.444 e. The van der Waals surface area contributed by atoms with Crippen molar-refractivity contribution in [3.8, 4) is 11.4 Å². The molecule has 9 nitrogen and oxygen atoms in total. The first-order valence-corrected chi connectivity index (χ1v) is 9.24. The fraction of sp³-hybridized carbons (Fsp3) is 0.474. The van der Waals surface area contributed by atoms with E-state index in [1.54, 1.807) is 11.9 Å². The van der Waals surface area contributed by atoms with Gasteiger partial charge in [-0.25, -0.2) is 9.78 Å². The Balaban J connectivity index is 1.46. The molecule has 0 unspecified atom stereocenters. The first-order chi connectivity index (χ1) is 13.3. The van der Waals surface area contributed by atoms with Crippen molar-refractivity contribution in [1.29, 1.82) is 0 Å². The zero-order chi connectivity index (χ0) is 20.1. The molecule has 28 heavy (non-hydrogen) atoms. The van der Waals surface area contributed by atoms with Gasteiger partial charge < -0.3 is 20.3 Å². The van der Waals surface area contributed by atoms with Crippen LogP contribution in [0.1, 0.15) is 26.3 Å². The molecule has 0 atom stereocenters. The van der Waals surface area contributed by atoms with Crippen molar-refractivity contribution < 1.29 is 9.53 Å². The van der Waals surface area contributed by atoms with E-state index in [2.05, 4.69) is 30.8 Å². The number of H-pyrrole nitrogens is 1. The topological polar surface area (TPSA) is 108 Å². The predicted octanol–water partition coefficient (Wildman–Crippen LogP) is 1.76. The first kappa shape index (κ1) is 19.7. The number of nitrogens with zero attached hydrogens (tertiary/aromatic N) is 4. The predicted molar refractivity (Wildman–Crippen MR) is 107 cm³/mol. The Morgan fingerprint density at radius 2 is 2.18 bits per heavy atom. The number of amides is 1. The van der Waals surface area contributed by atoms with Gasteiger partial charge >= 0.3 is 6.09 Å². The van der Waals surface area contributed by atoms with Gasteiger partial charge in [-0.05, 0) is 32.4 Å². The number of hydrogen-bond donors (Lipinski definition) is 3. The molecule has 0 bridgehead atoms. The van der Waals surface area contributed by atoms with Crippen LogP contribution in [-0.4, -0.2) is 63.9 Å². The summed E-state index contributed by atoms with van der Waals surface area (Å²) in [6.07, 6.45) is 1.21. The maximum Gasteiger partial charge on any atom is 0.410 e. The molecule has 0 saturated carbocycles. The van der Waals surface area contributed by atoms with Crippen molar-refractivity contribution in [2.45, 2.75) is 39.0 Å². The highest BCUT2D eigenvalue weighted by Crippen LogP contribution is 2.16. The van der Waals surface area contributed by atoms with Crippen LogP contribution in [0.5, 0.6) is 0 Å². The lowest BCUT2D eigenvalue weighted by Gasteiger charge is -2.40. The Hall–Kier alpha value is -3.10. The normalized spacial score (nSPS) is 15.1. The minimum atomic E-state index is -0.479. The summed E-state index contributed by atoms with van der Waals surface area (Å²) in [5, 5.41) is 13.4. The smallest absolute Gasteiger partial charge is 0.410 e. The molecule has 1 aromatic carbocycles. The number of rotatable bonds is 4. The van der Waals surface area contributed by atoms with E-state index in [-0.39, 0.29) is 12.1 Å². The first-order valence-electron chi connectivity index (χ1n) is 9.24. The van der Waals surface area contributed by atoms with Crippen molar-refractivity contribution in [2.24, 2.45) is 4.99 Å². The van der Waals surface area contributed by atoms with Crippen LogP contribution in [0.4, 0.5) is 4.79 Å². The number of aliphatic imine (C=N–C) groups is 1. The SMILES string of the molecule is CN=C(NCc1cccc(-c2ncn[nH]2)c1)NC1CN(C(=O)OC(C)(C)C)C1. The Morgan fingerprint density at radius 1 is 1.39 bits per heavy atom. The molecule has 1 fully saturated rings. The standard InChI is InChI=1S/C19H27N7O2/c1-19(2,3)28-18(27)26-10-15(11-26)24-17(20-4)21-9-13-6-5-7-14(8-13)16-22-12-23-25-16/h5-8,12,15H,9-11H2,1-4H3,(H2,20,21,24)(H,22,23,25). The van der Waals surface area contributed by atoms with Gasteiger partial charge in [0.2, 0.25) is 0 Å². The van der Waals surface area contributed by atoms with Crippen molar-refractivity contribution in [2.75, 3.05) is 20.1 Å². The summed E-state index contributed by atoms with van der Waals surface area (Å²) in [7, 11) is 1.73. The van der Waals surface area contributed by atoms with Crippen molar-refractivity contribution >= 4 is 12.1 Å². The summed E-state index contributed by atoms with van der Waals surface area (Å²) in [5.41, 5.74) is 1.60. The molecular weight excluding hydrogens is 358 g/mol. The van der Waals surface area contributed by atoms with Crippen molar-refractivity contribution in [1.82, 2.24) is 30.7 Å². The molecule has 3 rings (SSSR count). The fourth-order valence-electron chi connectivity index (χ4n) is 2.79. The summed E-state index contributed by atoms with van der Waals surface area (Å²) < 4.78 is 5.37. The van der Waals surface area contributed by atoms with E-state index in [1.165, 1.54) is 6.33 Å². The summed E-state index contributed by atoms with van der Waals surface area (Å²) >= 11 is 0. The number of likely N-dealkylation sites (tertiary alicyclic amines) is 1. The van der Waals surface area contributed by atoms with Crippen LogP contribution in [0.3, 0.4) is 0 Å². The molecule has 0 radical (unpaired) electrons. The molecule has 0 aliphatic carbocycles. The zero-order valence-corrected chi connectivity index (χ0v) is 16.7. The molecule has 1 saturated heterocycles. The molecule has 2 heterocycles. The molecule has 150 valence electrons. The van der Waals surface area contributed by atoms with E-state index < -0.39 is 5.60 Å². The van der Waals surface area contributed by atoms with Gasteiger partial charge in [0.25, 0.3) is 0 Å². The van der Waals surface area contributed by atoms with Crippen LogP contribution < -0.4 is 10.6 Å². The number of benzene rings is 1. The number of aromatic amines is 1. The maximum atomic E-state index is 12.0. The van der Waals surface area contributed by atoms with Gasteiger partial charge in [-0.3, -0.25) is 10.1 Å². The molecule has 2 aromatic rings. The number of guanidine groups is 1. The van der Waals surface area contributed by atoms with E-state index >= 15 is 0 Å². The fourth-order valence-corrected chi connectivity index (χ4v) is 2.79. The number of hydrogen-bond acceptors (Lipinski definition) is 5. The van der Waals surface area contributed by atoms with Crippen molar-refractivity contribution in [3.63, 3.8) is 0 Å². The van der Waals surface area contributed by atoms with E-state index in [9.17, 15) is 4.79 Å². The van der Waals surface area contributed by atoms with E-state index in [0.29, 0.717) is 25.6 Å². The second-order valence-electron chi connectivity index (χ2n) is 7.69. The third-order valence-corrected chi connectivity index (χ3v) is 4.17. The van der Waals surface area contributed by atoms with Crippen LogP contribution in [0.25, 0.3) is 11.4 Å².